The van der Waals surface area contributed by atoms with E-state index in [0.717, 1.165) is 10.8 Å². The Balaban J connectivity index is 2.08. The summed E-state index contributed by atoms with van der Waals surface area (Å²) in [5, 5.41) is 6.32. The smallest absolute Gasteiger partial charge is 0.367 e. The molecule has 4 rings (SSSR count). The van der Waals surface area contributed by atoms with E-state index in [9.17, 15) is 4.79 Å². The Bertz CT molecular complexity index is 1010. The minimum Gasteiger partial charge on any atom is -0.367 e. The highest BCUT2D eigenvalue weighted by Crippen LogP contribution is 2.22. The molecule has 0 saturated carbocycles. The van der Waals surface area contributed by atoms with Gasteiger partial charge in [-0.15, -0.1) is 0 Å². The van der Waals surface area contributed by atoms with E-state index >= 15 is 0 Å². The van der Waals surface area contributed by atoms with Gasteiger partial charge in [-0.25, -0.2) is 0 Å². The Hall–Kier alpha value is -3.01. The van der Waals surface area contributed by atoms with Crippen molar-refractivity contribution in [2.75, 3.05) is 0 Å². The van der Waals surface area contributed by atoms with E-state index in [4.69, 9.17) is 4.42 Å². The van der Waals surface area contributed by atoms with Gasteiger partial charge in [-0.05, 0) is 11.5 Å². The zero-order valence-corrected chi connectivity index (χ0v) is 11.1. The van der Waals surface area contributed by atoms with E-state index in [2.05, 4.69) is 5.10 Å². The maximum Gasteiger partial charge on any atom is 0.634 e. The standard InChI is InChI=1S/C17H11N2O2/c20-17-19(13-7-2-1-3-8-13)18-15-11-10-12-6-4-5-9-14(12)16(15)21-17/h1-11H/q+1. The quantitative estimate of drug-likeness (QED) is 0.396. The van der Waals surface area contributed by atoms with Crippen LogP contribution < -0.4 is 10.4 Å². The van der Waals surface area contributed by atoms with Crippen molar-refractivity contribution in [1.29, 1.82) is 0 Å². The molecule has 0 bridgehead atoms. The van der Waals surface area contributed by atoms with Gasteiger partial charge in [0.1, 0.15) is 0 Å². The van der Waals surface area contributed by atoms with Gasteiger partial charge in [0.25, 0.3) is 0 Å². The second kappa shape index (κ2) is 4.52. The van der Waals surface area contributed by atoms with Crippen molar-refractivity contribution < 1.29 is 9.10 Å². The van der Waals surface area contributed by atoms with E-state index in [1.165, 1.54) is 4.68 Å². The normalized spacial score (nSPS) is 11.0. The predicted molar refractivity (Wildman–Crippen MR) is 79.3 cm³/mol. The molecule has 0 saturated heterocycles. The highest BCUT2D eigenvalue weighted by atomic mass is 16.4. The molecule has 1 aromatic heterocycles. The number of aromatic nitrogens is 2. The van der Waals surface area contributed by atoms with Crippen LogP contribution in [0.5, 0.6) is 0 Å². The molecule has 1 heterocycles. The lowest BCUT2D eigenvalue weighted by molar-refractivity contribution is -0.683. The molecule has 100 valence electrons. The second-order valence-electron chi connectivity index (χ2n) is 4.75. The highest BCUT2D eigenvalue weighted by Gasteiger charge is 2.18. The van der Waals surface area contributed by atoms with Gasteiger partial charge in [0, 0.05) is 27.3 Å². The molecule has 0 amide bonds. The monoisotopic (exact) mass is 275 g/mol. The minimum absolute atomic E-state index is 0.495. The largest absolute Gasteiger partial charge is 0.634 e. The number of hydrogen-bond acceptors (Lipinski definition) is 3. The van der Waals surface area contributed by atoms with Crippen molar-refractivity contribution in [3.8, 4) is 5.69 Å². The average Bonchev–Trinajstić information content (AvgIpc) is 2.55. The van der Waals surface area contributed by atoms with E-state index in [-0.39, 0.29) is 0 Å². The summed E-state index contributed by atoms with van der Waals surface area (Å²) in [4.78, 5) is 12.2. The summed E-state index contributed by atoms with van der Waals surface area (Å²) in [6.45, 7) is 0. The molecule has 4 heteroatoms. The van der Waals surface area contributed by atoms with Gasteiger partial charge < -0.3 is 4.42 Å². The summed E-state index contributed by atoms with van der Waals surface area (Å²) in [5.74, 6) is -0.495. The van der Waals surface area contributed by atoms with Crippen LogP contribution in [0.2, 0.25) is 0 Å². The van der Waals surface area contributed by atoms with Crippen LogP contribution >= 0.6 is 0 Å². The molecule has 0 N–H and O–H groups in total. The first kappa shape index (κ1) is 11.8. The SMILES string of the molecule is O=c1oc2c(ccc3ccccc32)n[n+]1-c1ccccc1. The molecule has 0 aliphatic carbocycles. The molecule has 3 aromatic carbocycles. The van der Waals surface area contributed by atoms with Crippen molar-refractivity contribution in [3.63, 3.8) is 0 Å². The summed E-state index contributed by atoms with van der Waals surface area (Å²) in [6, 6.07) is 20.8. The lowest BCUT2D eigenvalue weighted by atomic mass is 10.1. The van der Waals surface area contributed by atoms with E-state index < -0.39 is 5.76 Å². The molecule has 4 aromatic rings. The second-order valence-corrected chi connectivity index (χ2v) is 4.75. The first-order valence-corrected chi connectivity index (χ1v) is 6.63. The fourth-order valence-corrected chi connectivity index (χ4v) is 2.43. The van der Waals surface area contributed by atoms with E-state index in [1.807, 2.05) is 66.7 Å². The topological polar surface area (TPSA) is 47.0 Å². The third-order valence-corrected chi connectivity index (χ3v) is 3.43. The van der Waals surface area contributed by atoms with Crippen LogP contribution in [0.1, 0.15) is 0 Å². The summed E-state index contributed by atoms with van der Waals surface area (Å²) in [5.41, 5.74) is 1.85. The maximum absolute atomic E-state index is 12.2. The van der Waals surface area contributed by atoms with E-state index in [1.54, 1.807) is 0 Å². The van der Waals surface area contributed by atoms with Gasteiger partial charge in [-0.3, -0.25) is 0 Å². The van der Waals surface area contributed by atoms with Crippen molar-refractivity contribution in [2.24, 2.45) is 0 Å². The van der Waals surface area contributed by atoms with Crippen molar-refractivity contribution in [3.05, 3.63) is 77.3 Å². The Morgan fingerprint density at radius 3 is 2.48 bits per heavy atom. The molecule has 0 aliphatic heterocycles. The van der Waals surface area contributed by atoms with E-state index in [0.29, 0.717) is 16.8 Å². The van der Waals surface area contributed by atoms with Crippen LogP contribution in [-0.4, -0.2) is 5.10 Å². The van der Waals surface area contributed by atoms with Crippen molar-refractivity contribution in [2.45, 2.75) is 0 Å². The number of hydrogen-bond donors (Lipinski definition) is 0. The molecular weight excluding hydrogens is 264 g/mol. The Morgan fingerprint density at radius 2 is 1.62 bits per heavy atom. The van der Waals surface area contributed by atoms with Gasteiger partial charge in [0.15, 0.2) is 11.1 Å². The number of nitrogens with zero attached hydrogens (tertiary/aromatic N) is 2. The van der Waals surface area contributed by atoms with Crippen molar-refractivity contribution in [1.82, 2.24) is 5.10 Å². The third kappa shape index (κ3) is 1.89. The molecule has 0 unspecified atom stereocenters. The molecule has 0 radical (unpaired) electrons. The molecular formula is C17H11N2O2+. The molecule has 0 spiro atoms. The molecule has 0 fully saturated rings. The number of para-hydroxylation sites is 1. The molecule has 4 nitrogen and oxygen atoms in total. The third-order valence-electron chi connectivity index (χ3n) is 3.43. The zero-order valence-electron chi connectivity index (χ0n) is 11.1. The highest BCUT2D eigenvalue weighted by molar-refractivity contribution is 6.02. The summed E-state index contributed by atoms with van der Waals surface area (Å²) in [6.07, 6.45) is 0. The Kier molecular flexibility index (Phi) is 2.54. The van der Waals surface area contributed by atoms with Crippen LogP contribution in [0.15, 0.2) is 75.9 Å². The first-order chi connectivity index (χ1) is 10.3. The van der Waals surface area contributed by atoms with Gasteiger partial charge in [0.05, 0.1) is 0 Å². The van der Waals surface area contributed by atoms with Gasteiger partial charge >= 0.3 is 5.76 Å². The zero-order chi connectivity index (χ0) is 14.2. The maximum atomic E-state index is 12.2. The summed E-state index contributed by atoms with van der Waals surface area (Å²) in [7, 11) is 0. The number of fused-ring (bicyclic) bond motifs is 3. The number of benzene rings is 3. The Labute approximate surface area is 119 Å². The number of rotatable bonds is 1. The molecule has 21 heavy (non-hydrogen) atoms. The fourth-order valence-electron chi connectivity index (χ4n) is 2.43. The van der Waals surface area contributed by atoms with Crippen LogP contribution in [0.3, 0.4) is 0 Å². The lowest BCUT2D eigenvalue weighted by Crippen LogP contribution is -2.50. The van der Waals surface area contributed by atoms with Crippen LogP contribution in [0.4, 0.5) is 0 Å². The summed E-state index contributed by atoms with van der Waals surface area (Å²) < 4.78 is 6.78. The summed E-state index contributed by atoms with van der Waals surface area (Å²) >= 11 is 0. The average molecular weight is 275 g/mol. The van der Waals surface area contributed by atoms with Gasteiger partial charge in [-0.1, -0.05) is 48.5 Å². The molecule has 0 atom stereocenters. The minimum atomic E-state index is -0.495. The van der Waals surface area contributed by atoms with Gasteiger partial charge in [-0.2, -0.15) is 4.79 Å². The lowest BCUT2D eigenvalue weighted by Gasteiger charge is -1.99. The Morgan fingerprint density at radius 1 is 0.857 bits per heavy atom. The first-order valence-electron chi connectivity index (χ1n) is 6.63. The van der Waals surface area contributed by atoms with Crippen molar-refractivity contribution >= 4 is 21.9 Å². The molecule has 0 aliphatic rings. The van der Waals surface area contributed by atoms with Gasteiger partial charge in [0.2, 0.25) is 5.69 Å². The predicted octanol–water partition coefficient (Wildman–Crippen LogP) is 2.62. The van der Waals surface area contributed by atoms with Crippen LogP contribution in [0, 0.1) is 0 Å². The fraction of sp³-hybridized carbons (Fsp3) is 0. The van der Waals surface area contributed by atoms with Crippen LogP contribution in [0.25, 0.3) is 27.6 Å². The van der Waals surface area contributed by atoms with Crippen LogP contribution in [-0.2, 0) is 0 Å².